The van der Waals surface area contributed by atoms with Gasteiger partial charge < -0.3 is 5.32 Å². The van der Waals surface area contributed by atoms with E-state index in [1.165, 1.54) is 12.1 Å². The van der Waals surface area contributed by atoms with Crippen molar-refractivity contribution in [1.29, 1.82) is 0 Å². The maximum atomic E-state index is 13.3. The maximum Gasteiger partial charge on any atom is 0.161 e. The molecule has 2 rings (SSSR count). The summed E-state index contributed by atoms with van der Waals surface area (Å²) in [7, 11) is 0. The molecule has 0 aliphatic heterocycles. The van der Waals surface area contributed by atoms with E-state index in [1.54, 1.807) is 6.07 Å². The van der Waals surface area contributed by atoms with E-state index in [0.717, 1.165) is 30.0 Å². The van der Waals surface area contributed by atoms with Gasteiger partial charge in [0.15, 0.2) is 5.82 Å². The molecule has 0 atom stereocenters. The van der Waals surface area contributed by atoms with E-state index < -0.39 is 0 Å². The number of anilines is 1. The third-order valence-corrected chi connectivity index (χ3v) is 3.01. The molecule has 0 unspecified atom stereocenters. The zero-order valence-corrected chi connectivity index (χ0v) is 11.5. The number of aryl methyl sites for hydroxylation is 1. The van der Waals surface area contributed by atoms with Crippen molar-refractivity contribution in [3.05, 3.63) is 41.3 Å². The van der Waals surface area contributed by atoms with Crippen molar-refractivity contribution in [3.63, 3.8) is 0 Å². The molecule has 0 fully saturated rings. The van der Waals surface area contributed by atoms with Crippen LogP contribution < -0.4 is 5.32 Å². The second-order valence-electron chi connectivity index (χ2n) is 4.54. The lowest BCUT2D eigenvalue weighted by molar-refractivity contribution is 0.628. The van der Waals surface area contributed by atoms with Crippen LogP contribution in [-0.2, 0) is 0 Å². The Hall–Kier alpha value is -1.97. The normalized spacial score (nSPS) is 10.5. The third-order valence-electron chi connectivity index (χ3n) is 3.01. The van der Waals surface area contributed by atoms with Gasteiger partial charge in [-0.25, -0.2) is 14.4 Å². The molecule has 1 heterocycles. The number of rotatable bonds is 4. The van der Waals surface area contributed by atoms with Gasteiger partial charge in [-0.2, -0.15) is 0 Å². The third kappa shape index (κ3) is 3.08. The maximum absolute atomic E-state index is 13.3. The van der Waals surface area contributed by atoms with Gasteiger partial charge in [-0.1, -0.05) is 19.1 Å². The number of hydrogen-bond acceptors (Lipinski definition) is 3. The standard InChI is InChI=1S/C15H18FN3/c1-4-8-17-14-10(2)11(3)18-15(19-14)12-6-5-7-13(16)9-12/h5-7,9H,4,8H2,1-3H3,(H,17,18,19). The molecule has 0 spiro atoms. The van der Waals surface area contributed by atoms with Gasteiger partial charge in [0.25, 0.3) is 0 Å². The molecule has 0 aliphatic carbocycles. The molecule has 0 amide bonds. The second-order valence-corrected chi connectivity index (χ2v) is 4.54. The SMILES string of the molecule is CCCNc1nc(-c2cccc(F)c2)nc(C)c1C. The van der Waals surface area contributed by atoms with Gasteiger partial charge in [0.05, 0.1) is 0 Å². The van der Waals surface area contributed by atoms with E-state index in [1.807, 2.05) is 19.9 Å². The van der Waals surface area contributed by atoms with Crippen molar-refractivity contribution in [2.24, 2.45) is 0 Å². The summed E-state index contributed by atoms with van der Waals surface area (Å²) in [4.78, 5) is 8.93. The van der Waals surface area contributed by atoms with Gasteiger partial charge in [0.1, 0.15) is 11.6 Å². The Balaban J connectivity index is 2.44. The molecule has 4 heteroatoms. The number of halogens is 1. The van der Waals surface area contributed by atoms with Crippen molar-refractivity contribution in [2.75, 3.05) is 11.9 Å². The van der Waals surface area contributed by atoms with Crippen LogP contribution in [0.5, 0.6) is 0 Å². The van der Waals surface area contributed by atoms with E-state index in [4.69, 9.17) is 0 Å². The monoisotopic (exact) mass is 259 g/mol. The fourth-order valence-corrected chi connectivity index (χ4v) is 1.80. The Morgan fingerprint density at radius 2 is 2.00 bits per heavy atom. The first-order valence-corrected chi connectivity index (χ1v) is 6.47. The van der Waals surface area contributed by atoms with Crippen LogP contribution in [0.2, 0.25) is 0 Å². The summed E-state index contributed by atoms with van der Waals surface area (Å²) in [5, 5.41) is 3.28. The minimum absolute atomic E-state index is 0.276. The fraction of sp³-hybridized carbons (Fsp3) is 0.333. The van der Waals surface area contributed by atoms with Crippen LogP contribution in [0.25, 0.3) is 11.4 Å². The average Bonchev–Trinajstić information content (AvgIpc) is 2.40. The van der Waals surface area contributed by atoms with E-state index in [9.17, 15) is 4.39 Å². The van der Waals surface area contributed by atoms with Crippen molar-refractivity contribution in [2.45, 2.75) is 27.2 Å². The number of hydrogen-bond donors (Lipinski definition) is 1. The van der Waals surface area contributed by atoms with Crippen LogP contribution in [0.4, 0.5) is 10.2 Å². The first kappa shape index (κ1) is 13.5. The van der Waals surface area contributed by atoms with E-state index in [0.29, 0.717) is 11.4 Å². The van der Waals surface area contributed by atoms with Crippen LogP contribution in [0, 0.1) is 19.7 Å². The Morgan fingerprint density at radius 3 is 2.68 bits per heavy atom. The molecule has 19 heavy (non-hydrogen) atoms. The summed E-state index contributed by atoms with van der Waals surface area (Å²) in [6.45, 7) is 6.89. The van der Waals surface area contributed by atoms with E-state index >= 15 is 0 Å². The predicted octanol–water partition coefficient (Wildman–Crippen LogP) is 3.72. The second kappa shape index (κ2) is 5.78. The van der Waals surface area contributed by atoms with Crippen molar-refractivity contribution in [3.8, 4) is 11.4 Å². The molecule has 3 nitrogen and oxygen atoms in total. The summed E-state index contributed by atoms with van der Waals surface area (Å²) in [6.07, 6.45) is 1.03. The van der Waals surface area contributed by atoms with Crippen molar-refractivity contribution >= 4 is 5.82 Å². The van der Waals surface area contributed by atoms with Gasteiger partial charge in [-0.3, -0.25) is 0 Å². The van der Waals surface area contributed by atoms with Crippen LogP contribution >= 0.6 is 0 Å². The highest BCUT2D eigenvalue weighted by molar-refractivity contribution is 5.59. The molecule has 100 valence electrons. The average molecular weight is 259 g/mol. The Morgan fingerprint density at radius 1 is 1.21 bits per heavy atom. The molecule has 0 aliphatic rings. The summed E-state index contributed by atoms with van der Waals surface area (Å²) < 4.78 is 13.3. The minimum atomic E-state index is -0.276. The van der Waals surface area contributed by atoms with Crippen LogP contribution in [0.3, 0.4) is 0 Å². The topological polar surface area (TPSA) is 37.8 Å². The number of benzene rings is 1. The minimum Gasteiger partial charge on any atom is -0.370 e. The van der Waals surface area contributed by atoms with Crippen LogP contribution in [0.15, 0.2) is 24.3 Å². The Labute approximate surface area is 112 Å². The zero-order chi connectivity index (χ0) is 13.8. The van der Waals surface area contributed by atoms with Crippen molar-refractivity contribution < 1.29 is 4.39 Å². The predicted molar refractivity (Wildman–Crippen MR) is 75.7 cm³/mol. The highest BCUT2D eigenvalue weighted by atomic mass is 19.1. The highest BCUT2D eigenvalue weighted by Gasteiger charge is 2.09. The van der Waals surface area contributed by atoms with E-state index in [-0.39, 0.29) is 5.82 Å². The Bertz CT molecular complexity index is 582. The Kier molecular flexibility index (Phi) is 4.10. The first-order chi connectivity index (χ1) is 9.11. The molecule has 0 saturated carbocycles. The summed E-state index contributed by atoms with van der Waals surface area (Å²) >= 11 is 0. The number of nitrogens with one attached hydrogen (secondary N) is 1. The summed E-state index contributed by atoms with van der Waals surface area (Å²) in [6, 6.07) is 6.35. The van der Waals surface area contributed by atoms with Gasteiger partial charge in [-0.15, -0.1) is 0 Å². The molecule has 0 radical (unpaired) electrons. The molecular formula is C15H18FN3. The van der Waals surface area contributed by atoms with E-state index in [2.05, 4.69) is 22.2 Å². The largest absolute Gasteiger partial charge is 0.370 e. The van der Waals surface area contributed by atoms with Gasteiger partial charge in [0, 0.05) is 23.4 Å². The fourth-order valence-electron chi connectivity index (χ4n) is 1.80. The van der Waals surface area contributed by atoms with Crippen molar-refractivity contribution in [1.82, 2.24) is 9.97 Å². The molecule has 1 aromatic heterocycles. The molecule has 1 aromatic carbocycles. The van der Waals surface area contributed by atoms with Gasteiger partial charge in [0.2, 0.25) is 0 Å². The lowest BCUT2D eigenvalue weighted by atomic mass is 10.2. The zero-order valence-electron chi connectivity index (χ0n) is 11.5. The first-order valence-electron chi connectivity index (χ1n) is 6.47. The highest BCUT2D eigenvalue weighted by Crippen LogP contribution is 2.22. The molecule has 2 aromatic rings. The van der Waals surface area contributed by atoms with Gasteiger partial charge >= 0.3 is 0 Å². The lowest BCUT2D eigenvalue weighted by Crippen LogP contribution is -2.07. The smallest absolute Gasteiger partial charge is 0.161 e. The van der Waals surface area contributed by atoms with Gasteiger partial charge in [-0.05, 0) is 32.4 Å². The summed E-state index contributed by atoms with van der Waals surface area (Å²) in [5.74, 6) is 1.11. The number of aromatic nitrogens is 2. The molecule has 1 N–H and O–H groups in total. The summed E-state index contributed by atoms with van der Waals surface area (Å²) in [5.41, 5.74) is 2.64. The molecule has 0 bridgehead atoms. The molecular weight excluding hydrogens is 241 g/mol. The molecule has 0 saturated heterocycles. The quantitative estimate of drug-likeness (QED) is 0.909. The lowest BCUT2D eigenvalue weighted by Gasteiger charge is -2.11. The van der Waals surface area contributed by atoms with Crippen LogP contribution in [0.1, 0.15) is 24.6 Å². The number of nitrogens with zero attached hydrogens (tertiary/aromatic N) is 2. The van der Waals surface area contributed by atoms with Crippen LogP contribution in [-0.4, -0.2) is 16.5 Å².